The van der Waals surface area contributed by atoms with Crippen LogP contribution in [0.3, 0.4) is 0 Å². The van der Waals surface area contributed by atoms with Gasteiger partial charge in [-0.1, -0.05) is 11.6 Å². The predicted octanol–water partition coefficient (Wildman–Crippen LogP) is 2.53. The van der Waals surface area contributed by atoms with Crippen LogP contribution in [0, 0.1) is 0 Å². The summed E-state index contributed by atoms with van der Waals surface area (Å²) >= 11 is 5.85. The van der Waals surface area contributed by atoms with Crippen molar-refractivity contribution in [3.05, 3.63) is 63.9 Å². The molecule has 1 aromatic carbocycles. The number of hydrogen-bond donors (Lipinski definition) is 2. The Labute approximate surface area is 190 Å². The van der Waals surface area contributed by atoms with Gasteiger partial charge >= 0.3 is 6.18 Å². The molecule has 4 rings (SSSR count). The number of carbonyl (C=O) groups excluding carboxylic acids is 4. The van der Waals surface area contributed by atoms with Crippen molar-refractivity contribution in [2.45, 2.75) is 37.6 Å². The average molecular weight is 481 g/mol. The van der Waals surface area contributed by atoms with Gasteiger partial charge in [-0.05, 0) is 42.3 Å². The van der Waals surface area contributed by atoms with E-state index in [2.05, 4.69) is 10.3 Å². The zero-order valence-electron chi connectivity index (χ0n) is 16.8. The number of nitrogens with zero attached hydrogens (tertiary/aromatic N) is 2. The van der Waals surface area contributed by atoms with Crippen molar-refractivity contribution < 1.29 is 32.3 Å². The van der Waals surface area contributed by atoms with Crippen molar-refractivity contribution in [2.24, 2.45) is 0 Å². The molecule has 3 heterocycles. The monoisotopic (exact) mass is 480 g/mol. The zero-order chi connectivity index (χ0) is 23.9. The van der Waals surface area contributed by atoms with E-state index in [1.54, 1.807) is 0 Å². The van der Waals surface area contributed by atoms with Crippen molar-refractivity contribution in [2.75, 3.05) is 0 Å². The number of fused-ring (bicyclic) bond motifs is 1. The second-order valence-electron chi connectivity index (χ2n) is 7.59. The molecule has 0 radical (unpaired) electrons. The molecule has 172 valence electrons. The Bertz CT molecular complexity index is 1170. The molecule has 2 atom stereocenters. The Kier molecular flexibility index (Phi) is 5.83. The van der Waals surface area contributed by atoms with Crippen LogP contribution < -0.4 is 10.6 Å². The minimum atomic E-state index is -4.86. The normalized spacial score (nSPS) is 19.2. The number of carbonyl (C=O) groups is 4. The van der Waals surface area contributed by atoms with Gasteiger partial charge in [0.25, 0.3) is 11.8 Å². The van der Waals surface area contributed by atoms with Crippen molar-refractivity contribution in [3.63, 3.8) is 0 Å². The van der Waals surface area contributed by atoms with Crippen molar-refractivity contribution >= 4 is 35.2 Å². The quantitative estimate of drug-likeness (QED) is 0.654. The fraction of sp³-hybridized carbons (Fsp3) is 0.286. The van der Waals surface area contributed by atoms with E-state index in [9.17, 15) is 32.3 Å². The maximum absolute atomic E-state index is 13.6. The highest BCUT2D eigenvalue weighted by Crippen LogP contribution is 2.35. The van der Waals surface area contributed by atoms with E-state index in [0.717, 1.165) is 6.20 Å². The molecule has 1 aromatic heterocycles. The van der Waals surface area contributed by atoms with Crippen LogP contribution in [0.25, 0.3) is 0 Å². The number of nitrogens with one attached hydrogen (secondary N) is 2. The fourth-order valence-electron chi connectivity index (χ4n) is 3.85. The zero-order valence-corrected chi connectivity index (χ0v) is 17.5. The maximum Gasteiger partial charge on any atom is 0.414 e. The topological polar surface area (TPSA) is 108 Å². The molecule has 0 saturated carbocycles. The van der Waals surface area contributed by atoms with Gasteiger partial charge in [0.2, 0.25) is 11.8 Å². The maximum atomic E-state index is 13.6. The van der Waals surface area contributed by atoms with Gasteiger partial charge in [0.05, 0.1) is 10.7 Å². The summed E-state index contributed by atoms with van der Waals surface area (Å²) in [4.78, 5) is 53.8. The van der Waals surface area contributed by atoms with Gasteiger partial charge in [0.15, 0.2) is 6.04 Å². The Morgan fingerprint density at radius 2 is 2.00 bits per heavy atom. The number of amides is 4. The van der Waals surface area contributed by atoms with Gasteiger partial charge in [0.1, 0.15) is 6.04 Å². The van der Waals surface area contributed by atoms with Crippen LogP contribution in [-0.4, -0.2) is 45.7 Å². The molecule has 1 unspecified atom stereocenters. The molecule has 0 aliphatic carbocycles. The largest absolute Gasteiger partial charge is 0.414 e. The van der Waals surface area contributed by atoms with Crippen LogP contribution in [-0.2, 0) is 16.1 Å². The smallest absolute Gasteiger partial charge is 0.335 e. The first-order chi connectivity index (χ1) is 15.6. The third kappa shape index (κ3) is 4.40. The highest BCUT2D eigenvalue weighted by atomic mass is 35.5. The number of halogens is 4. The van der Waals surface area contributed by atoms with E-state index < -0.39 is 47.6 Å². The highest BCUT2D eigenvalue weighted by Gasteiger charge is 2.44. The summed E-state index contributed by atoms with van der Waals surface area (Å²) in [5.41, 5.74) is -0.0264. The van der Waals surface area contributed by atoms with E-state index in [1.165, 1.54) is 35.2 Å². The minimum Gasteiger partial charge on any atom is -0.335 e. The number of aromatic nitrogens is 1. The molecule has 12 heteroatoms. The van der Waals surface area contributed by atoms with Crippen LogP contribution in [0.5, 0.6) is 0 Å². The number of benzene rings is 1. The van der Waals surface area contributed by atoms with Gasteiger partial charge < -0.3 is 10.2 Å². The van der Waals surface area contributed by atoms with Crippen LogP contribution in [0.4, 0.5) is 13.2 Å². The van der Waals surface area contributed by atoms with Crippen molar-refractivity contribution in [1.82, 2.24) is 20.5 Å². The van der Waals surface area contributed by atoms with Crippen molar-refractivity contribution in [3.8, 4) is 0 Å². The second-order valence-corrected chi connectivity index (χ2v) is 8.00. The van der Waals surface area contributed by atoms with Crippen LogP contribution in [0.2, 0.25) is 5.02 Å². The molecule has 2 aliphatic rings. The number of alkyl halides is 3. The van der Waals surface area contributed by atoms with Gasteiger partial charge in [-0.15, -0.1) is 0 Å². The lowest BCUT2D eigenvalue weighted by atomic mass is 10.0. The highest BCUT2D eigenvalue weighted by molar-refractivity contribution is 6.31. The molecule has 2 aromatic rings. The summed E-state index contributed by atoms with van der Waals surface area (Å²) < 4.78 is 40.9. The molecule has 33 heavy (non-hydrogen) atoms. The second kappa shape index (κ2) is 8.47. The summed E-state index contributed by atoms with van der Waals surface area (Å²) in [7, 11) is 0. The fourth-order valence-corrected chi connectivity index (χ4v) is 4.08. The van der Waals surface area contributed by atoms with Crippen LogP contribution in [0.1, 0.15) is 50.9 Å². The minimum absolute atomic E-state index is 0.0175. The molecule has 1 saturated heterocycles. The summed E-state index contributed by atoms with van der Waals surface area (Å²) in [6.07, 6.45) is -3.48. The van der Waals surface area contributed by atoms with Gasteiger partial charge in [-0.3, -0.25) is 29.5 Å². The average Bonchev–Trinajstić information content (AvgIpc) is 3.07. The Hall–Kier alpha value is -3.47. The lowest BCUT2D eigenvalue weighted by Gasteiger charge is -2.29. The molecule has 0 spiro atoms. The molecular formula is C21H16ClF3N4O4. The Morgan fingerprint density at radius 1 is 1.24 bits per heavy atom. The molecule has 0 bridgehead atoms. The molecule has 2 aliphatic heterocycles. The van der Waals surface area contributed by atoms with Crippen molar-refractivity contribution in [1.29, 1.82) is 0 Å². The summed E-state index contributed by atoms with van der Waals surface area (Å²) in [5.74, 6) is -2.51. The van der Waals surface area contributed by atoms with Gasteiger partial charge in [0, 0.05) is 30.3 Å². The number of pyridine rings is 1. The predicted molar refractivity (Wildman–Crippen MR) is 108 cm³/mol. The molecule has 4 amide bonds. The van der Waals surface area contributed by atoms with E-state index in [1.807, 2.05) is 5.32 Å². The molecule has 1 fully saturated rings. The van der Waals surface area contributed by atoms with Crippen LogP contribution in [0.15, 0.2) is 36.5 Å². The molecular weight excluding hydrogens is 465 g/mol. The summed E-state index contributed by atoms with van der Waals surface area (Å²) in [5, 5.41) is 3.84. The Morgan fingerprint density at radius 3 is 2.67 bits per heavy atom. The molecule has 2 N–H and O–H groups in total. The lowest BCUT2D eigenvalue weighted by molar-refractivity contribution is -0.156. The first-order valence-corrected chi connectivity index (χ1v) is 10.2. The Balaban J connectivity index is 1.56. The van der Waals surface area contributed by atoms with Gasteiger partial charge in [-0.2, -0.15) is 13.2 Å². The molecule has 8 nitrogen and oxygen atoms in total. The third-order valence-corrected chi connectivity index (χ3v) is 5.77. The van der Waals surface area contributed by atoms with E-state index >= 15 is 0 Å². The SMILES string of the molecule is O=C1CC[C@H](N2Cc3cc(C(=O)NC(c4ncccc4Cl)C(F)(F)F)ccc3C2=O)C(=O)N1. The lowest BCUT2D eigenvalue weighted by Crippen LogP contribution is -2.52. The first-order valence-electron chi connectivity index (χ1n) is 9.82. The number of hydrogen-bond acceptors (Lipinski definition) is 5. The summed E-state index contributed by atoms with van der Waals surface area (Å²) in [6, 6.07) is 3.19. The van der Waals surface area contributed by atoms with E-state index in [-0.39, 0.29) is 35.5 Å². The number of imide groups is 1. The number of piperidine rings is 1. The summed E-state index contributed by atoms with van der Waals surface area (Å²) in [6.45, 7) is -0.0175. The van der Waals surface area contributed by atoms with Crippen LogP contribution >= 0.6 is 11.6 Å². The third-order valence-electron chi connectivity index (χ3n) is 5.45. The van der Waals surface area contributed by atoms with E-state index in [0.29, 0.717) is 5.56 Å². The standard InChI is InChI=1S/C21H16ClF3N4O4/c22-13-2-1-7-26-16(13)17(21(23,24)25)28-18(31)10-3-4-12-11(8-10)9-29(20(12)33)14-5-6-15(30)27-19(14)32/h1-4,7-8,14,17H,5-6,9H2,(H,28,31)(H,27,30,32)/t14-,17?/m0/s1. The number of rotatable bonds is 4. The first kappa shape index (κ1) is 22.7. The van der Waals surface area contributed by atoms with E-state index in [4.69, 9.17) is 11.6 Å². The van der Waals surface area contributed by atoms with Gasteiger partial charge in [-0.25, -0.2) is 0 Å².